The first-order chi connectivity index (χ1) is 9.68. The molecule has 98 valence electrons. The van der Waals surface area contributed by atoms with E-state index in [1.165, 1.54) is 0 Å². The van der Waals surface area contributed by atoms with E-state index < -0.39 is 11.3 Å². The van der Waals surface area contributed by atoms with Gasteiger partial charge in [-0.3, -0.25) is 9.59 Å². The molecule has 1 heterocycles. The van der Waals surface area contributed by atoms with Crippen molar-refractivity contribution in [2.75, 3.05) is 0 Å². The fourth-order valence-electron chi connectivity index (χ4n) is 2.20. The number of benzene rings is 2. The van der Waals surface area contributed by atoms with Crippen molar-refractivity contribution < 1.29 is 9.90 Å². The first-order valence-corrected chi connectivity index (χ1v) is 6.12. The highest BCUT2D eigenvalue weighted by atomic mass is 16.3. The molecule has 0 amide bonds. The highest BCUT2D eigenvalue weighted by molar-refractivity contribution is 6.17. The van der Waals surface area contributed by atoms with E-state index in [0.29, 0.717) is 16.5 Å². The number of H-pyrrole nitrogens is 1. The zero-order valence-corrected chi connectivity index (χ0v) is 10.5. The van der Waals surface area contributed by atoms with E-state index >= 15 is 0 Å². The Morgan fingerprint density at radius 2 is 1.60 bits per heavy atom. The zero-order valence-electron chi connectivity index (χ0n) is 10.5. The molecule has 0 radical (unpaired) electrons. The van der Waals surface area contributed by atoms with E-state index in [9.17, 15) is 14.7 Å². The van der Waals surface area contributed by atoms with Gasteiger partial charge in [0.1, 0.15) is 0 Å². The molecule has 3 rings (SSSR count). The van der Waals surface area contributed by atoms with Crippen LogP contribution in [0.4, 0.5) is 0 Å². The molecule has 20 heavy (non-hydrogen) atoms. The van der Waals surface area contributed by atoms with Crippen molar-refractivity contribution in [3.63, 3.8) is 0 Å². The van der Waals surface area contributed by atoms with Crippen LogP contribution in [0.3, 0.4) is 0 Å². The van der Waals surface area contributed by atoms with Crippen molar-refractivity contribution in [2.24, 2.45) is 0 Å². The van der Waals surface area contributed by atoms with Gasteiger partial charge in [0.15, 0.2) is 11.5 Å². The van der Waals surface area contributed by atoms with Crippen molar-refractivity contribution >= 4 is 16.7 Å². The van der Waals surface area contributed by atoms with Crippen LogP contribution >= 0.6 is 0 Å². The number of carbonyl (C=O) groups is 1. The highest BCUT2D eigenvalue weighted by Crippen LogP contribution is 2.24. The molecule has 3 aromatic rings. The Morgan fingerprint density at radius 1 is 0.950 bits per heavy atom. The summed E-state index contributed by atoms with van der Waals surface area (Å²) in [6, 6.07) is 15.5. The van der Waals surface area contributed by atoms with E-state index in [1.54, 1.807) is 54.6 Å². The number of aromatic nitrogens is 1. The Bertz CT molecular complexity index is 850. The number of hydrogen-bond acceptors (Lipinski definition) is 3. The van der Waals surface area contributed by atoms with Crippen LogP contribution in [-0.2, 0) is 0 Å². The van der Waals surface area contributed by atoms with Gasteiger partial charge < -0.3 is 10.1 Å². The largest absolute Gasteiger partial charge is 0.502 e. The summed E-state index contributed by atoms with van der Waals surface area (Å²) < 4.78 is 0. The average molecular weight is 265 g/mol. The molecular weight excluding hydrogens is 254 g/mol. The van der Waals surface area contributed by atoms with Gasteiger partial charge in [0.2, 0.25) is 0 Å². The summed E-state index contributed by atoms with van der Waals surface area (Å²) in [5.41, 5.74) is 0.326. The van der Waals surface area contributed by atoms with Gasteiger partial charge in [0, 0.05) is 16.5 Å². The number of para-hydroxylation sites is 1. The van der Waals surface area contributed by atoms with E-state index in [2.05, 4.69) is 4.98 Å². The SMILES string of the molecule is O=C(c1ccccc1)c1c(O)c(=O)[nH]c2ccccc12. The summed E-state index contributed by atoms with van der Waals surface area (Å²) in [7, 11) is 0. The topological polar surface area (TPSA) is 70.2 Å². The van der Waals surface area contributed by atoms with E-state index in [1.807, 2.05) is 0 Å². The minimum absolute atomic E-state index is 0.0375. The molecule has 0 saturated heterocycles. The molecule has 0 aliphatic carbocycles. The number of rotatable bonds is 2. The molecule has 0 saturated carbocycles. The monoisotopic (exact) mass is 265 g/mol. The molecule has 4 heteroatoms. The van der Waals surface area contributed by atoms with Crippen molar-refractivity contribution in [1.82, 2.24) is 4.98 Å². The number of carbonyl (C=O) groups excluding carboxylic acids is 1. The number of aromatic amines is 1. The lowest BCUT2D eigenvalue weighted by molar-refractivity contribution is 0.103. The Balaban J connectivity index is 2.33. The minimum atomic E-state index is -0.664. The maximum Gasteiger partial charge on any atom is 0.291 e. The number of hydrogen-bond donors (Lipinski definition) is 2. The zero-order chi connectivity index (χ0) is 14.1. The number of ketones is 1. The fraction of sp³-hybridized carbons (Fsp3) is 0. The van der Waals surface area contributed by atoms with E-state index in [4.69, 9.17) is 0 Å². The molecule has 2 N–H and O–H groups in total. The van der Waals surface area contributed by atoms with Gasteiger partial charge in [-0.2, -0.15) is 0 Å². The Morgan fingerprint density at radius 3 is 2.35 bits per heavy atom. The smallest absolute Gasteiger partial charge is 0.291 e. The van der Waals surface area contributed by atoms with Crippen LogP contribution in [0.15, 0.2) is 59.4 Å². The molecule has 0 unspecified atom stereocenters. The molecule has 0 atom stereocenters. The molecule has 1 aromatic heterocycles. The molecule has 0 spiro atoms. The van der Waals surface area contributed by atoms with Crippen LogP contribution < -0.4 is 5.56 Å². The first-order valence-electron chi connectivity index (χ1n) is 6.12. The van der Waals surface area contributed by atoms with Gasteiger partial charge in [0.25, 0.3) is 5.56 Å². The second kappa shape index (κ2) is 4.66. The molecule has 0 bridgehead atoms. The lowest BCUT2D eigenvalue weighted by atomic mass is 9.99. The summed E-state index contributed by atoms with van der Waals surface area (Å²) in [6.45, 7) is 0. The predicted molar refractivity (Wildman–Crippen MR) is 76.1 cm³/mol. The molecule has 0 aliphatic rings. The van der Waals surface area contributed by atoms with Gasteiger partial charge in [-0.1, -0.05) is 48.5 Å². The molecule has 4 nitrogen and oxygen atoms in total. The Kier molecular flexibility index (Phi) is 2.84. The molecule has 0 aliphatic heterocycles. The quantitative estimate of drug-likeness (QED) is 0.699. The first kappa shape index (κ1) is 12.2. The van der Waals surface area contributed by atoms with E-state index in [0.717, 1.165) is 0 Å². The second-order valence-electron chi connectivity index (χ2n) is 4.42. The molecular formula is C16H11NO3. The van der Waals surface area contributed by atoms with Crippen LogP contribution in [0.5, 0.6) is 5.75 Å². The third-order valence-electron chi connectivity index (χ3n) is 3.16. The maximum absolute atomic E-state index is 12.5. The average Bonchev–Trinajstić information content (AvgIpc) is 2.49. The summed E-state index contributed by atoms with van der Waals surface area (Å²) in [4.78, 5) is 26.8. The minimum Gasteiger partial charge on any atom is -0.502 e. The van der Waals surface area contributed by atoms with Crippen LogP contribution in [0.25, 0.3) is 10.9 Å². The van der Waals surface area contributed by atoms with Gasteiger partial charge >= 0.3 is 0 Å². The van der Waals surface area contributed by atoms with Crippen molar-refractivity contribution in [2.45, 2.75) is 0 Å². The lowest BCUT2D eigenvalue weighted by Crippen LogP contribution is -2.12. The van der Waals surface area contributed by atoms with Crippen LogP contribution in [0, 0.1) is 0 Å². The van der Waals surface area contributed by atoms with Gasteiger partial charge in [-0.05, 0) is 6.07 Å². The number of fused-ring (bicyclic) bond motifs is 1. The molecule has 0 fully saturated rings. The summed E-state index contributed by atoms with van der Waals surface area (Å²) in [6.07, 6.45) is 0. The van der Waals surface area contributed by atoms with E-state index in [-0.39, 0.29) is 11.3 Å². The second-order valence-corrected chi connectivity index (χ2v) is 4.42. The third-order valence-corrected chi connectivity index (χ3v) is 3.16. The van der Waals surface area contributed by atoms with Gasteiger partial charge in [0.05, 0.1) is 5.56 Å². The lowest BCUT2D eigenvalue weighted by Gasteiger charge is -2.07. The number of pyridine rings is 1. The van der Waals surface area contributed by atoms with Crippen molar-refractivity contribution in [3.8, 4) is 5.75 Å². The fourth-order valence-corrected chi connectivity index (χ4v) is 2.20. The Hall–Kier alpha value is -2.88. The van der Waals surface area contributed by atoms with Crippen LogP contribution in [-0.4, -0.2) is 15.9 Å². The predicted octanol–water partition coefficient (Wildman–Crippen LogP) is 2.46. The van der Waals surface area contributed by atoms with Gasteiger partial charge in [-0.25, -0.2) is 0 Å². The number of aromatic hydroxyl groups is 1. The number of nitrogens with one attached hydrogen (secondary N) is 1. The summed E-state index contributed by atoms with van der Waals surface area (Å²) in [5, 5.41) is 10.5. The van der Waals surface area contributed by atoms with Gasteiger partial charge in [-0.15, -0.1) is 0 Å². The van der Waals surface area contributed by atoms with Crippen molar-refractivity contribution in [3.05, 3.63) is 76.1 Å². The van der Waals surface area contributed by atoms with Crippen molar-refractivity contribution in [1.29, 1.82) is 0 Å². The van der Waals surface area contributed by atoms with Crippen LogP contribution in [0.1, 0.15) is 15.9 Å². The summed E-state index contributed by atoms with van der Waals surface area (Å²) >= 11 is 0. The molecule has 2 aromatic carbocycles. The highest BCUT2D eigenvalue weighted by Gasteiger charge is 2.19. The Labute approximate surface area is 114 Å². The third kappa shape index (κ3) is 1.87. The summed E-state index contributed by atoms with van der Waals surface area (Å²) in [5.74, 6) is -0.914. The normalized spacial score (nSPS) is 10.6. The standard InChI is InChI=1S/C16H11NO3/c18-14(10-6-2-1-3-7-10)13-11-8-4-5-9-12(11)17-16(20)15(13)19/h1-9,19H,(H,17,20). The van der Waals surface area contributed by atoms with Crippen LogP contribution in [0.2, 0.25) is 0 Å². The maximum atomic E-state index is 12.5.